The molecule has 0 aliphatic heterocycles. The van der Waals surface area contributed by atoms with Gasteiger partial charge in [-0.1, -0.05) is 51.1 Å². The van der Waals surface area contributed by atoms with Crippen LogP contribution in [0.1, 0.15) is 39.4 Å². The van der Waals surface area contributed by atoms with Crippen molar-refractivity contribution >= 4 is 10.0 Å². The van der Waals surface area contributed by atoms with Crippen molar-refractivity contribution in [3.63, 3.8) is 0 Å². The Hall–Kier alpha value is -0.910. The molecule has 0 bridgehead atoms. The molecule has 1 aromatic carbocycles. The summed E-state index contributed by atoms with van der Waals surface area (Å²) in [7, 11) is -3.50. The fraction of sp³-hybridized carbons (Fsp3) is 0.600. The van der Waals surface area contributed by atoms with Crippen LogP contribution in [0.15, 0.2) is 30.3 Å². The van der Waals surface area contributed by atoms with Gasteiger partial charge >= 0.3 is 0 Å². The number of sulfonamides is 1. The van der Waals surface area contributed by atoms with Gasteiger partial charge in [-0.25, -0.2) is 13.6 Å². The molecule has 114 valence electrons. The van der Waals surface area contributed by atoms with Gasteiger partial charge in [0.25, 0.3) is 0 Å². The van der Waals surface area contributed by atoms with E-state index in [-0.39, 0.29) is 23.2 Å². The van der Waals surface area contributed by atoms with Crippen molar-refractivity contribution in [2.75, 3.05) is 12.4 Å². The molecule has 0 heterocycles. The minimum atomic E-state index is -3.50. The first-order valence-corrected chi connectivity index (χ1v) is 8.48. The topological polar surface area (TPSA) is 69.4 Å². The minimum Gasteiger partial charge on any atom is -0.373 e. The van der Waals surface area contributed by atoms with E-state index in [0.29, 0.717) is 6.61 Å². The van der Waals surface area contributed by atoms with Crippen LogP contribution in [0, 0.1) is 11.3 Å². The Bertz CT molecular complexity index is 506. The van der Waals surface area contributed by atoms with E-state index in [1.807, 2.05) is 58.0 Å². The lowest BCUT2D eigenvalue weighted by Crippen LogP contribution is -2.34. The monoisotopic (exact) mass is 299 g/mol. The molecule has 0 aromatic heterocycles. The lowest BCUT2D eigenvalue weighted by Gasteiger charge is -2.30. The summed E-state index contributed by atoms with van der Waals surface area (Å²) in [6, 6.07) is 9.86. The molecule has 0 amide bonds. The van der Waals surface area contributed by atoms with E-state index >= 15 is 0 Å². The molecule has 1 aromatic rings. The highest BCUT2D eigenvalue weighted by Gasteiger charge is 2.29. The third-order valence-corrected chi connectivity index (χ3v) is 4.34. The molecule has 0 aliphatic rings. The molecule has 5 heteroatoms. The van der Waals surface area contributed by atoms with Crippen LogP contribution in [0.25, 0.3) is 0 Å². The second kappa shape index (κ2) is 6.70. The lowest BCUT2D eigenvalue weighted by atomic mass is 9.82. The number of ether oxygens (including phenoxy) is 1. The van der Waals surface area contributed by atoms with Crippen LogP contribution in [-0.2, 0) is 14.8 Å². The summed E-state index contributed by atoms with van der Waals surface area (Å²) in [6.07, 6.45) is -0.0680. The lowest BCUT2D eigenvalue weighted by molar-refractivity contribution is 0.0168. The van der Waals surface area contributed by atoms with Crippen LogP contribution < -0.4 is 5.14 Å². The predicted molar refractivity (Wildman–Crippen MR) is 81.7 cm³/mol. The largest absolute Gasteiger partial charge is 0.373 e. The third kappa shape index (κ3) is 6.03. The summed E-state index contributed by atoms with van der Waals surface area (Å²) >= 11 is 0. The molecule has 2 atom stereocenters. The number of nitrogens with two attached hydrogens (primary N) is 1. The second-order valence-corrected chi connectivity index (χ2v) is 7.94. The van der Waals surface area contributed by atoms with Gasteiger partial charge in [0.1, 0.15) is 0 Å². The highest BCUT2D eigenvalue weighted by molar-refractivity contribution is 7.89. The standard InChI is InChI=1S/C15H25NO3S/c1-12(13-8-6-5-7-9-13)19-10-14(15(2,3)4)11-20(16,17)18/h5-9,12,14H,10-11H2,1-4H3,(H2,16,17,18). The van der Waals surface area contributed by atoms with E-state index in [9.17, 15) is 8.42 Å². The fourth-order valence-corrected chi connectivity index (χ4v) is 3.07. The van der Waals surface area contributed by atoms with Crippen LogP contribution in [0.3, 0.4) is 0 Å². The normalized spacial score (nSPS) is 15.8. The Labute approximate surface area is 122 Å². The average molecular weight is 299 g/mol. The van der Waals surface area contributed by atoms with Gasteiger partial charge < -0.3 is 4.74 Å². The predicted octanol–water partition coefficient (Wildman–Crippen LogP) is 2.72. The van der Waals surface area contributed by atoms with E-state index < -0.39 is 10.0 Å². The van der Waals surface area contributed by atoms with Crippen molar-refractivity contribution in [3.8, 4) is 0 Å². The summed E-state index contributed by atoms with van der Waals surface area (Å²) < 4.78 is 28.5. The van der Waals surface area contributed by atoms with Crippen LogP contribution in [0.5, 0.6) is 0 Å². The Kier molecular flexibility index (Phi) is 5.74. The van der Waals surface area contributed by atoms with Gasteiger partial charge in [0.05, 0.1) is 18.5 Å². The molecule has 0 saturated carbocycles. The highest BCUT2D eigenvalue weighted by Crippen LogP contribution is 2.29. The van der Waals surface area contributed by atoms with Crippen LogP contribution in [0.4, 0.5) is 0 Å². The summed E-state index contributed by atoms with van der Waals surface area (Å²) in [6.45, 7) is 8.33. The number of hydrogen-bond acceptors (Lipinski definition) is 3. The Morgan fingerprint density at radius 2 is 1.75 bits per heavy atom. The quantitative estimate of drug-likeness (QED) is 0.878. The van der Waals surface area contributed by atoms with E-state index in [0.717, 1.165) is 5.56 Å². The van der Waals surface area contributed by atoms with Gasteiger partial charge in [0.2, 0.25) is 10.0 Å². The minimum absolute atomic E-state index is 0.0575. The van der Waals surface area contributed by atoms with Crippen LogP contribution in [-0.4, -0.2) is 20.8 Å². The zero-order valence-corrected chi connectivity index (χ0v) is 13.5. The molecule has 4 nitrogen and oxygen atoms in total. The maximum atomic E-state index is 11.3. The molecule has 0 aliphatic carbocycles. The first-order valence-electron chi connectivity index (χ1n) is 6.76. The van der Waals surface area contributed by atoms with E-state index in [2.05, 4.69) is 0 Å². The van der Waals surface area contributed by atoms with Gasteiger partial charge in [-0.15, -0.1) is 0 Å². The molecule has 0 spiro atoms. The molecule has 2 N–H and O–H groups in total. The Morgan fingerprint density at radius 1 is 1.20 bits per heavy atom. The fourth-order valence-electron chi connectivity index (χ4n) is 1.91. The maximum Gasteiger partial charge on any atom is 0.209 e. The second-order valence-electron chi connectivity index (χ2n) is 6.28. The van der Waals surface area contributed by atoms with Gasteiger partial charge in [0, 0.05) is 5.92 Å². The summed E-state index contributed by atoms with van der Waals surface area (Å²) in [5.74, 6) is -0.193. The summed E-state index contributed by atoms with van der Waals surface area (Å²) in [5.41, 5.74) is 0.902. The number of primary sulfonamides is 1. The van der Waals surface area contributed by atoms with Gasteiger partial charge in [0.15, 0.2) is 0 Å². The number of benzene rings is 1. The first-order chi connectivity index (χ1) is 9.09. The first kappa shape index (κ1) is 17.1. The van der Waals surface area contributed by atoms with Crippen molar-refractivity contribution in [2.24, 2.45) is 16.5 Å². The molecule has 20 heavy (non-hydrogen) atoms. The smallest absolute Gasteiger partial charge is 0.209 e. The van der Waals surface area contributed by atoms with Crippen molar-refractivity contribution < 1.29 is 13.2 Å². The highest BCUT2D eigenvalue weighted by atomic mass is 32.2. The summed E-state index contributed by atoms with van der Waals surface area (Å²) in [4.78, 5) is 0. The zero-order chi connectivity index (χ0) is 15.4. The zero-order valence-electron chi connectivity index (χ0n) is 12.7. The molecule has 0 fully saturated rings. The third-order valence-electron chi connectivity index (χ3n) is 3.47. The average Bonchev–Trinajstić information content (AvgIpc) is 2.32. The van der Waals surface area contributed by atoms with E-state index in [1.165, 1.54) is 0 Å². The molecule has 2 unspecified atom stereocenters. The van der Waals surface area contributed by atoms with Gasteiger partial charge in [-0.05, 0) is 17.9 Å². The molecule has 0 radical (unpaired) electrons. The van der Waals surface area contributed by atoms with Crippen LogP contribution >= 0.6 is 0 Å². The molecular formula is C15H25NO3S. The van der Waals surface area contributed by atoms with Gasteiger partial charge in [-0.2, -0.15) is 0 Å². The molecule has 0 saturated heterocycles. The van der Waals surface area contributed by atoms with Crippen molar-refractivity contribution in [3.05, 3.63) is 35.9 Å². The maximum absolute atomic E-state index is 11.3. The Balaban J connectivity index is 2.68. The number of hydrogen-bond donors (Lipinski definition) is 1. The van der Waals surface area contributed by atoms with Gasteiger partial charge in [-0.3, -0.25) is 0 Å². The van der Waals surface area contributed by atoms with Crippen molar-refractivity contribution in [1.29, 1.82) is 0 Å². The van der Waals surface area contributed by atoms with E-state index in [1.54, 1.807) is 0 Å². The van der Waals surface area contributed by atoms with Crippen molar-refractivity contribution in [1.82, 2.24) is 0 Å². The number of rotatable bonds is 6. The molecular weight excluding hydrogens is 274 g/mol. The summed E-state index contributed by atoms with van der Waals surface area (Å²) in [5, 5.41) is 5.17. The SMILES string of the molecule is CC(OCC(CS(N)(=O)=O)C(C)(C)C)c1ccccc1. The Morgan fingerprint density at radius 3 is 2.20 bits per heavy atom. The van der Waals surface area contributed by atoms with Crippen molar-refractivity contribution in [2.45, 2.75) is 33.8 Å². The molecule has 1 rings (SSSR count). The van der Waals surface area contributed by atoms with Crippen LogP contribution in [0.2, 0.25) is 0 Å². The van der Waals surface area contributed by atoms with E-state index in [4.69, 9.17) is 9.88 Å².